The Kier molecular flexibility index (Phi) is 2.31. The summed E-state index contributed by atoms with van der Waals surface area (Å²) < 4.78 is 4.96. The Balaban J connectivity index is 2.49. The highest BCUT2D eigenvalue weighted by Gasteiger charge is 2.31. The Morgan fingerprint density at radius 1 is 1.73 bits per heavy atom. The molecule has 1 rings (SSSR count). The maximum atomic E-state index is 9.29. The summed E-state index contributed by atoms with van der Waals surface area (Å²) in [6, 6.07) is 0. The van der Waals surface area contributed by atoms with E-state index >= 15 is 0 Å². The zero-order valence-corrected chi connectivity index (χ0v) is 6.45. The molecule has 64 valence electrons. The molecular weight excluding hydrogens is 146 g/mol. The van der Waals surface area contributed by atoms with Crippen LogP contribution in [0.3, 0.4) is 0 Å². The fraction of sp³-hybridized carbons (Fsp3) is 0.833. The second-order valence-corrected chi connectivity index (χ2v) is 2.63. The molecule has 5 heteroatoms. The van der Waals surface area contributed by atoms with Gasteiger partial charge in [-0.25, -0.2) is 0 Å². The highest BCUT2D eigenvalue weighted by molar-refractivity contribution is 5.75. The molecule has 2 atom stereocenters. The molecule has 0 bridgehead atoms. The summed E-state index contributed by atoms with van der Waals surface area (Å²) in [5.74, 6) is -0.0106. The molecule has 0 aromatic rings. The van der Waals surface area contributed by atoms with Crippen molar-refractivity contribution in [3.8, 4) is 0 Å². The Bertz CT molecular complexity index is 162. The van der Waals surface area contributed by atoms with Gasteiger partial charge in [0.25, 0.3) is 0 Å². The van der Waals surface area contributed by atoms with E-state index in [9.17, 15) is 5.11 Å². The zero-order valence-electron chi connectivity index (χ0n) is 6.45. The summed E-state index contributed by atoms with van der Waals surface area (Å²) in [6.45, 7) is 0.904. The molecule has 0 radical (unpaired) electrons. The maximum absolute atomic E-state index is 9.29. The first-order chi connectivity index (χ1) is 5.15. The molecule has 1 aliphatic rings. The first kappa shape index (κ1) is 8.29. The number of aliphatic hydroxyl groups is 1. The zero-order chi connectivity index (χ0) is 8.43. The van der Waals surface area contributed by atoms with E-state index in [1.807, 2.05) is 0 Å². The molecule has 1 heterocycles. The molecule has 0 amide bonds. The average molecular weight is 159 g/mol. The van der Waals surface area contributed by atoms with Gasteiger partial charge in [0, 0.05) is 20.2 Å². The first-order valence-corrected chi connectivity index (χ1v) is 3.45. The molecule has 1 saturated heterocycles. The summed E-state index contributed by atoms with van der Waals surface area (Å²) in [5, 5.41) is 16.4. The van der Waals surface area contributed by atoms with Crippen LogP contribution in [0.25, 0.3) is 0 Å². The number of nitrogens with one attached hydrogen (secondary N) is 1. The van der Waals surface area contributed by atoms with Gasteiger partial charge in [-0.2, -0.15) is 0 Å². The van der Waals surface area contributed by atoms with Crippen LogP contribution in [0, 0.1) is 5.41 Å². The molecule has 1 aliphatic heterocycles. The number of methoxy groups -OCH3 is 1. The number of hydrogen-bond acceptors (Lipinski definition) is 3. The third-order valence-corrected chi connectivity index (χ3v) is 1.88. The Labute approximate surface area is 65.3 Å². The largest absolute Gasteiger partial charge is 0.388 e. The van der Waals surface area contributed by atoms with E-state index in [-0.39, 0.29) is 12.1 Å². The number of β-amino-alcohol motifs (C(OH)–C–C–N with tert-alkyl or cyclic N) is 1. The molecule has 0 saturated carbocycles. The maximum Gasteiger partial charge on any atom is 0.188 e. The molecule has 0 spiro atoms. The number of aliphatic hydroxyl groups excluding tert-OH is 1. The van der Waals surface area contributed by atoms with Gasteiger partial charge in [0.15, 0.2) is 5.96 Å². The van der Waals surface area contributed by atoms with Crippen LogP contribution in [0.2, 0.25) is 0 Å². The van der Waals surface area contributed by atoms with Crippen LogP contribution in [0.15, 0.2) is 0 Å². The van der Waals surface area contributed by atoms with Gasteiger partial charge >= 0.3 is 0 Å². The molecule has 2 unspecified atom stereocenters. The topological polar surface area (TPSA) is 82.6 Å². The van der Waals surface area contributed by atoms with Crippen molar-refractivity contribution in [2.24, 2.45) is 5.73 Å². The highest BCUT2D eigenvalue weighted by Crippen LogP contribution is 2.11. The minimum absolute atomic E-state index is 0.0106. The van der Waals surface area contributed by atoms with Gasteiger partial charge in [-0.3, -0.25) is 5.41 Å². The van der Waals surface area contributed by atoms with Crippen molar-refractivity contribution in [1.82, 2.24) is 4.90 Å². The molecule has 4 N–H and O–H groups in total. The van der Waals surface area contributed by atoms with Crippen molar-refractivity contribution in [2.75, 3.05) is 20.2 Å². The quantitative estimate of drug-likeness (QED) is 0.323. The SMILES string of the molecule is COC1CN(C(=N)N)CC1O. The van der Waals surface area contributed by atoms with Gasteiger partial charge in [-0.15, -0.1) is 0 Å². The van der Waals surface area contributed by atoms with Crippen LogP contribution in [-0.2, 0) is 4.74 Å². The molecule has 0 aliphatic carbocycles. The number of likely N-dealkylation sites (tertiary alicyclic amines) is 1. The smallest absolute Gasteiger partial charge is 0.188 e. The second-order valence-electron chi connectivity index (χ2n) is 2.63. The van der Waals surface area contributed by atoms with Crippen LogP contribution >= 0.6 is 0 Å². The first-order valence-electron chi connectivity index (χ1n) is 3.45. The summed E-state index contributed by atoms with van der Waals surface area (Å²) in [7, 11) is 1.54. The Morgan fingerprint density at radius 3 is 2.64 bits per heavy atom. The van der Waals surface area contributed by atoms with Crippen LogP contribution in [0.5, 0.6) is 0 Å². The van der Waals surface area contributed by atoms with Crippen molar-refractivity contribution in [2.45, 2.75) is 12.2 Å². The highest BCUT2D eigenvalue weighted by atomic mass is 16.5. The van der Waals surface area contributed by atoms with E-state index in [0.29, 0.717) is 13.1 Å². The van der Waals surface area contributed by atoms with Crippen LogP contribution in [-0.4, -0.2) is 48.4 Å². The van der Waals surface area contributed by atoms with Gasteiger partial charge in [0.2, 0.25) is 0 Å². The number of nitrogens with zero attached hydrogens (tertiary/aromatic N) is 1. The lowest BCUT2D eigenvalue weighted by Crippen LogP contribution is -2.35. The lowest BCUT2D eigenvalue weighted by Gasteiger charge is -2.13. The fourth-order valence-corrected chi connectivity index (χ4v) is 1.19. The van der Waals surface area contributed by atoms with Crippen molar-refractivity contribution < 1.29 is 9.84 Å². The van der Waals surface area contributed by atoms with Crippen LogP contribution in [0.4, 0.5) is 0 Å². The molecule has 11 heavy (non-hydrogen) atoms. The normalized spacial score (nSPS) is 30.9. The van der Waals surface area contributed by atoms with Gasteiger partial charge in [-0.05, 0) is 0 Å². The van der Waals surface area contributed by atoms with E-state index in [2.05, 4.69) is 0 Å². The van der Waals surface area contributed by atoms with E-state index < -0.39 is 6.10 Å². The second kappa shape index (κ2) is 3.06. The average Bonchev–Trinajstić information content (AvgIpc) is 2.31. The third-order valence-electron chi connectivity index (χ3n) is 1.88. The fourth-order valence-electron chi connectivity index (χ4n) is 1.19. The standard InChI is InChI=1S/C6H13N3O2/c1-11-5-3-9(6(7)8)2-4(5)10/h4-5,10H,2-3H2,1H3,(H3,7,8). The number of hydrogen-bond donors (Lipinski definition) is 3. The van der Waals surface area contributed by atoms with Crippen molar-refractivity contribution in [1.29, 1.82) is 5.41 Å². The minimum atomic E-state index is -0.524. The summed E-state index contributed by atoms with van der Waals surface area (Å²) in [6.07, 6.45) is -0.734. The lowest BCUT2D eigenvalue weighted by atomic mass is 10.3. The van der Waals surface area contributed by atoms with Gasteiger partial charge in [0.1, 0.15) is 6.10 Å². The van der Waals surface area contributed by atoms with E-state index in [4.69, 9.17) is 15.9 Å². The molecule has 5 nitrogen and oxygen atoms in total. The summed E-state index contributed by atoms with van der Waals surface area (Å²) in [5.41, 5.74) is 5.22. The predicted molar refractivity (Wildman–Crippen MR) is 40.3 cm³/mol. The van der Waals surface area contributed by atoms with Gasteiger partial charge < -0.3 is 20.5 Å². The summed E-state index contributed by atoms with van der Waals surface area (Å²) >= 11 is 0. The molecule has 0 aromatic heterocycles. The predicted octanol–water partition coefficient (Wildman–Crippen LogP) is -1.43. The number of ether oxygens (including phenoxy) is 1. The monoisotopic (exact) mass is 159 g/mol. The number of rotatable bonds is 1. The van der Waals surface area contributed by atoms with Gasteiger partial charge in [0.05, 0.1) is 6.10 Å². The van der Waals surface area contributed by atoms with Crippen LogP contribution < -0.4 is 5.73 Å². The Morgan fingerprint density at radius 2 is 2.36 bits per heavy atom. The molecule has 1 fully saturated rings. The molecule has 0 aromatic carbocycles. The summed E-state index contributed by atoms with van der Waals surface area (Å²) in [4.78, 5) is 1.58. The van der Waals surface area contributed by atoms with Gasteiger partial charge in [-0.1, -0.05) is 0 Å². The van der Waals surface area contributed by atoms with E-state index in [0.717, 1.165) is 0 Å². The van der Waals surface area contributed by atoms with Crippen molar-refractivity contribution >= 4 is 5.96 Å². The Hall–Kier alpha value is -0.810. The van der Waals surface area contributed by atoms with E-state index in [1.54, 1.807) is 4.90 Å². The number of nitrogens with two attached hydrogens (primary N) is 1. The number of guanidine groups is 1. The van der Waals surface area contributed by atoms with Crippen molar-refractivity contribution in [3.05, 3.63) is 0 Å². The lowest BCUT2D eigenvalue weighted by molar-refractivity contribution is 0.0216. The molecular formula is C6H13N3O2. The minimum Gasteiger partial charge on any atom is -0.388 e. The van der Waals surface area contributed by atoms with Crippen molar-refractivity contribution in [3.63, 3.8) is 0 Å². The third kappa shape index (κ3) is 1.61. The van der Waals surface area contributed by atoms with Crippen LogP contribution in [0.1, 0.15) is 0 Å². The van der Waals surface area contributed by atoms with E-state index in [1.165, 1.54) is 7.11 Å².